The van der Waals surface area contributed by atoms with Gasteiger partial charge in [-0.1, -0.05) is 89.2 Å². The Labute approximate surface area is 215 Å². The molecule has 3 atom stereocenters. The maximum absolute atomic E-state index is 13.4. The summed E-state index contributed by atoms with van der Waals surface area (Å²) in [5.74, 6) is -1.22. The van der Waals surface area contributed by atoms with E-state index in [0.717, 1.165) is 16.7 Å². The summed E-state index contributed by atoms with van der Waals surface area (Å²) < 4.78 is 5.49. The number of amides is 2. The number of aryl methyl sites for hydroxylation is 1. The Hall–Kier alpha value is -3.19. The fraction of sp³-hybridized carbons (Fsp3) is 0.483. The second-order valence-electron chi connectivity index (χ2n) is 10.8. The van der Waals surface area contributed by atoms with E-state index in [1.54, 1.807) is 0 Å². The lowest BCUT2D eigenvalue weighted by atomic mass is 9.85. The van der Waals surface area contributed by atoms with Crippen LogP contribution in [0.15, 0.2) is 54.6 Å². The zero-order valence-corrected chi connectivity index (χ0v) is 22.3. The first-order valence-corrected chi connectivity index (χ1v) is 12.5. The van der Waals surface area contributed by atoms with Crippen LogP contribution in [0.2, 0.25) is 0 Å². The van der Waals surface area contributed by atoms with E-state index in [4.69, 9.17) is 10.5 Å². The second-order valence-corrected chi connectivity index (χ2v) is 10.8. The molecule has 4 N–H and O–H groups in total. The first-order chi connectivity index (χ1) is 16.9. The molecule has 0 unspecified atom stereocenters. The summed E-state index contributed by atoms with van der Waals surface area (Å²) in [5.41, 5.74) is 8.49. The van der Waals surface area contributed by atoms with Crippen LogP contribution in [-0.2, 0) is 32.1 Å². The van der Waals surface area contributed by atoms with Crippen LogP contribution >= 0.6 is 0 Å². The molecule has 0 radical (unpaired) electrons. The fourth-order valence-corrected chi connectivity index (χ4v) is 3.86. The highest BCUT2D eigenvalue weighted by atomic mass is 16.5. The van der Waals surface area contributed by atoms with Crippen LogP contribution in [0.1, 0.15) is 57.7 Å². The van der Waals surface area contributed by atoms with Gasteiger partial charge in [0.25, 0.3) is 0 Å². The summed E-state index contributed by atoms with van der Waals surface area (Å²) in [7, 11) is 0. The zero-order chi connectivity index (χ0) is 26.9. The Balaban J connectivity index is 2.09. The van der Waals surface area contributed by atoms with Crippen molar-refractivity contribution in [2.45, 2.75) is 79.1 Å². The predicted octanol–water partition coefficient (Wildman–Crippen LogP) is 3.67. The molecule has 0 aliphatic rings. The Bertz CT molecular complexity index is 1010. The minimum Gasteiger partial charge on any atom is -0.459 e. The van der Waals surface area contributed by atoms with Crippen molar-refractivity contribution in [3.05, 3.63) is 71.3 Å². The normalized spacial score (nSPS) is 14.0. The molecule has 0 heterocycles. The minimum absolute atomic E-state index is 0.122. The topological polar surface area (TPSA) is 111 Å². The van der Waals surface area contributed by atoms with Gasteiger partial charge >= 0.3 is 5.97 Å². The van der Waals surface area contributed by atoms with E-state index in [9.17, 15) is 14.4 Å². The number of nitrogens with two attached hydrogens (primary N) is 1. The summed E-state index contributed by atoms with van der Waals surface area (Å²) in [4.78, 5) is 39.2. The maximum Gasteiger partial charge on any atom is 0.328 e. The highest BCUT2D eigenvalue weighted by Crippen LogP contribution is 2.21. The average molecular weight is 496 g/mol. The van der Waals surface area contributed by atoms with Crippen molar-refractivity contribution in [3.8, 4) is 0 Å². The number of hydrogen-bond acceptors (Lipinski definition) is 5. The number of hydrogen-bond donors (Lipinski definition) is 3. The van der Waals surface area contributed by atoms with Crippen LogP contribution in [0.3, 0.4) is 0 Å². The molecule has 0 bridgehead atoms. The van der Waals surface area contributed by atoms with Crippen molar-refractivity contribution in [1.82, 2.24) is 10.6 Å². The van der Waals surface area contributed by atoms with E-state index in [-0.39, 0.29) is 12.5 Å². The van der Waals surface area contributed by atoms with Gasteiger partial charge in [-0.25, -0.2) is 4.79 Å². The predicted molar refractivity (Wildman–Crippen MR) is 142 cm³/mol. The van der Waals surface area contributed by atoms with Gasteiger partial charge in [0.2, 0.25) is 11.8 Å². The summed E-state index contributed by atoms with van der Waals surface area (Å²) in [6.45, 7) is 11.6. The maximum atomic E-state index is 13.4. The quantitative estimate of drug-likeness (QED) is 0.412. The van der Waals surface area contributed by atoms with Crippen molar-refractivity contribution in [2.75, 3.05) is 0 Å². The van der Waals surface area contributed by atoms with Crippen LogP contribution in [0.5, 0.6) is 0 Å². The molecule has 0 saturated carbocycles. The van der Waals surface area contributed by atoms with Crippen molar-refractivity contribution >= 4 is 17.8 Å². The molecule has 2 rings (SSSR count). The van der Waals surface area contributed by atoms with Crippen molar-refractivity contribution in [2.24, 2.45) is 17.1 Å². The Morgan fingerprint density at radius 2 is 1.53 bits per heavy atom. The molecular weight excluding hydrogens is 454 g/mol. The van der Waals surface area contributed by atoms with E-state index in [1.165, 1.54) is 0 Å². The molecule has 2 aromatic rings. The van der Waals surface area contributed by atoms with Crippen molar-refractivity contribution < 1.29 is 19.1 Å². The summed E-state index contributed by atoms with van der Waals surface area (Å²) in [6.07, 6.45) is 0.774. The molecule has 2 amide bonds. The van der Waals surface area contributed by atoms with Crippen LogP contribution in [0.25, 0.3) is 0 Å². The molecule has 196 valence electrons. The van der Waals surface area contributed by atoms with E-state index in [1.807, 2.05) is 96.1 Å². The number of carbonyl (C=O) groups is 3. The first kappa shape index (κ1) is 29.0. The second kappa shape index (κ2) is 13.2. The molecule has 0 fully saturated rings. The molecule has 0 spiro atoms. The standard InChI is InChI=1S/C29H41N3O4/c1-19(2)16-24(28(35)36-18-21-13-8-7-9-14-21)31-27(34)25(29(4,5)6)32-26(33)23(30)17-22-15-11-10-12-20(22)3/h7-15,19,23-25H,16-18,30H2,1-6H3,(H,31,34)(H,32,33)/t23-,24-,25+/m0/s1. The number of rotatable bonds is 11. The van der Waals surface area contributed by atoms with Gasteiger partial charge in [-0.2, -0.15) is 0 Å². The van der Waals surface area contributed by atoms with Crippen LogP contribution in [0, 0.1) is 18.3 Å². The monoisotopic (exact) mass is 495 g/mol. The van der Waals surface area contributed by atoms with E-state index >= 15 is 0 Å². The number of esters is 1. The van der Waals surface area contributed by atoms with Gasteiger partial charge < -0.3 is 21.1 Å². The Kier molecular flexibility index (Phi) is 10.7. The summed E-state index contributed by atoms with van der Waals surface area (Å²) in [5, 5.41) is 5.65. The fourth-order valence-electron chi connectivity index (χ4n) is 3.86. The van der Waals surface area contributed by atoms with Gasteiger partial charge in [-0.05, 0) is 47.8 Å². The molecule has 36 heavy (non-hydrogen) atoms. The molecule has 2 aromatic carbocycles. The Morgan fingerprint density at radius 3 is 2.11 bits per heavy atom. The molecule has 7 heteroatoms. The van der Waals surface area contributed by atoms with E-state index < -0.39 is 41.3 Å². The molecule has 0 saturated heterocycles. The number of nitrogens with one attached hydrogen (secondary N) is 2. The first-order valence-electron chi connectivity index (χ1n) is 12.5. The lowest BCUT2D eigenvalue weighted by Crippen LogP contribution is -2.59. The van der Waals surface area contributed by atoms with Gasteiger partial charge in [-0.3, -0.25) is 9.59 Å². The SMILES string of the molecule is Cc1ccccc1C[C@H](N)C(=O)N[C@H](C(=O)N[C@@H](CC(C)C)C(=O)OCc1ccccc1)C(C)(C)C. The minimum atomic E-state index is -0.885. The molecular formula is C29H41N3O4. The average Bonchev–Trinajstić information content (AvgIpc) is 2.81. The van der Waals surface area contributed by atoms with Gasteiger partial charge in [0.1, 0.15) is 18.7 Å². The van der Waals surface area contributed by atoms with Crippen molar-refractivity contribution in [3.63, 3.8) is 0 Å². The lowest BCUT2D eigenvalue weighted by molar-refractivity contribution is -0.150. The third-order valence-electron chi connectivity index (χ3n) is 5.98. The Morgan fingerprint density at radius 1 is 0.917 bits per heavy atom. The van der Waals surface area contributed by atoms with Gasteiger partial charge in [0, 0.05) is 0 Å². The summed E-state index contributed by atoms with van der Waals surface area (Å²) in [6, 6.07) is 14.6. The third-order valence-corrected chi connectivity index (χ3v) is 5.98. The van der Waals surface area contributed by atoms with Crippen LogP contribution < -0.4 is 16.4 Å². The molecule has 0 aliphatic carbocycles. The molecule has 0 aromatic heterocycles. The highest BCUT2D eigenvalue weighted by molar-refractivity contribution is 5.92. The zero-order valence-electron chi connectivity index (χ0n) is 22.3. The van der Waals surface area contributed by atoms with Crippen LogP contribution in [-0.4, -0.2) is 35.9 Å². The smallest absolute Gasteiger partial charge is 0.328 e. The highest BCUT2D eigenvalue weighted by Gasteiger charge is 2.36. The lowest BCUT2D eigenvalue weighted by Gasteiger charge is -2.32. The number of benzene rings is 2. The number of carbonyl (C=O) groups excluding carboxylic acids is 3. The van der Waals surface area contributed by atoms with Gasteiger partial charge in [-0.15, -0.1) is 0 Å². The van der Waals surface area contributed by atoms with E-state index in [2.05, 4.69) is 10.6 Å². The van der Waals surface area contributed by atoms with Crippen LogP contribution in [0.4, 0.5) is 0 Å². The van der Waals surface area contributed by atoms with Gasteiger partial charge in [0.05, 0.1) is 6.04 Å². The molecule has 0 aliphatic heterocycles. The summed E-state index contributed by atoms with van der Waals surface area (Å²) >= 11 is 0. The molecule has 7 nitrogen and oxygen atoms in total. The number of ether oxygens (including phenoxy) is 1. The largest absolute Gasteiger partial charge is 0.459 e. The third kappa shape index (κ3) is 9.11. The van der Waals surface area contributed by atoms with E-state index in [0.29, 0.717) is 12.8 Å². The van der Waals surface area contributed by atoms with Gasteiger partial charge in [0.15, 0.2) is 0 Å². The van der Waals surface area contributed by atoms with Crippen molar-refractivity contribution in [1.29, 1.82) is 0 Å².